The Morgan fingerprint density at radius 3 is 2.60 bits per heavy atom. The Bertz CT molecular complexity index is 755. The van der Waals surface area contributed by atoms with E-state index >= 15 is 0 Å². The molecule has 2 aromatic rings. The summed E-state index contributed by atoms with van der Waals surface area (Å²) in [5, 5.41) is 12.8. The fraction of sp³-hybridized carbons (Fsp3) is 0.421. The number of hydrogen-bond acceptors (Lipinski definition) is 5. The van der Waals surface area contributed by atoms with Crippen molar-refractivity contribution in [3.63, 3.8) is 0 Å². The predicted molar refractivity (Wildman–Crippen MR) is 93.4 cm³/mol. The molecule has 1 saturated carbocycles. The fourth-order valence-electron chi connectivity index (χ4n) is 3.22. The Kier molecular flexibility index (Phi) is 4.99. The molecular weight excluding hydrogens is 318 g/mol. The lowest BCUT2D eigenvalue weighted by atomic mass is 9.75. The van der Waals surface area contributed by atoms with Crippen molar-refractivity contribution in [3.8, 4) is 5.88 Å². The van der Waals surface area contributed by atoms with Gasteiger partial charge in [-0.2, -0.15) is 0 Å². The second-order valence-electron chi connectivity index (χ2n) is 6.56. The molecule has 25 heavy (non-hydrogen) atoms. The number of nitrogens with zero attached hydrogens (tertiary/aromatic N) is 2. The largest absolute Gasteiger partial charge is 0.481 e. The topological polar surface area (TPSA) is 84.3 Å². The molecule has 0 saturated heterocycles. The molecule has 1 fully saturated rings. The van der Waals surface area contributed by atoms with Crippen LogP contribution in [0.15, 0.2) is 30.5 Å². The summed E-state index contributed by atoms with van der Waals surface area (Å²) in [6.45, 7) is 3.73. The van der Waals surface area contributed by atoms with Crippen molar-refractivity contribution in [2.45, 2.75) is 38.8 Å². The molecule has 0 radical (unpaired) electrons. The average molecular weight is 341 g/mol. The van der Waals surface area contributed by atoms with Crippen molar-refractivity contribution in [1.29, 1.82) is 0 Å². The molecule has 2 aromatic heterocycles. The molecule has 0 unspecified atom stereocenters. The standard InChI is InChI=1S/C19H23N3O3/c1-11-4-6-16(12(2)21-11)19(24)22-18(14-8-15(23)9-14)13-5-7-17(25-3)20-10-13/h4-7,10,14-15,18,23H,8-9H2,1-3H3,(H,22,24)/t14?,15?,18-/m1/s1. The summed E-state index contributed by atoms with van der Waals surface area (Å²) in [5.74, 6) is 0.557. The Labute approximate surface area is 147 Å². The first-order chi connectivity index (χ1) is 12.0. The second-order valence-corrected chi connectivity index (χ2v) is 6.56. The minimum absolute atomic E-state index is 0.160. The molecular formula is C19H23N3O3. The van der Waals surface area contributed by atoms with Crippen LogP contribution in [0.3, 0.4) is 0 Å². The Balaban J connectivity index is 1.83. The van der Waals surface area contributed by atoms with E-state index in [9.17, 15) is 9.90 Å². The van der Waals surface area contributed by atoms with Gasteiger partial charge < -0.3 is 15.2 Å². The van der Waals surface area contributed by atoms with E-state index in [2.05, 4.69) is 15.3 Å². The number of nitrogens with one attached hydrogen (secondary N) is 1. The lowest BCUT2D eigenvalue weighted by Crippen LogP contribution is -2.41. The Morgan fingerprint density at radius 1 is 1.28 bits per heavy atom. The van der Waals surface area contributed by atoms with Crippen LogP contribution in [0.4, 0.5) is 0 Å². The third kappa shape index (κ3) is 3.79. The zero-order chi connectivity index (χ0) is 18.0. The van der Waals surface area contributed by atoms with Gasteiger partial charge in [0.1, 0.15) is 0 Å². The quantitative estimate of drug-likeness (QED) is 0.872. The van der Waals surface area contributed by atoms with Gasteiger partial charge in [-0.25, -0.2) is 4.98 Å². The molecule has 0 bridgehead atoms. The van der Waals surface area contributed by atoms with Crippen molar-refractivity contribution < 1.29 is 14.6 Å². The van der Waals surface area contributed by atoms with Gasteiger partial charge in [0.05, 0.1) is 30.5 Å². The number of aliphatic hydroxyl groups excluding tert-OH is 1. The molecule has 0 aliphatic heterocycles. The first kappa shape index (κ1) is 17.4. The highest BCUT2D eigenvalue weighted by Gasteiger charge is 2.36. The third-order valence-corrected chi connectivity index (χ3v) is 4.70. The molecule has 0 spiro atoms. The summed E-state index contributed by atoms with van der Waals surface area (Å²) < 4.78 is 5.10. The van der Waals surface area contributed by atoms with Gasteiger partial charge in [-0.15, -0.1) is 0 Å². The van der Waals surface area contributed by atoms with Crippen LogP contribution in [0.5, 0.6) is 5.88 Å². The molecule has 6 nitrogen and oxygen atoms in total. The summed E-state index contributed by atoms with van der Waals surface area (Å²) in [6.07, 6.45) is 2.76. The number of aliphatic hydroxyl groups is 1. The smallest absolute Gasteiger partial charge is 0.253 e. The predicted octanol–water partition coefficient (Wildman–Crippen LogP) is 2.34. The molecule has 1 amide bonds. The van der Waals surface area contributed by atoms with E-state index in [1.165, 1.54) is 0 Å². The maximum atomic E-state index is 12.8. The molecule has 1 aliphatic carbocycles. The van der Waals surface area contributed by atoms with E-state index in [0.717, 1.165) is 11.3 Å². The number of carbonyl (C=O) groups is 1. The van der Waals surface area contributed by atoms with E-state index in [1.54, 1.807) is 25.4 Å². The molecule has 1 aliphatic rings. The van der Waals surface area contributed by atoms with Crippen LogP contribution in [0.2, 0.25) is 0 Å². The number of amides is 1. The molecule has 6 heteroatoms. The number of aryl methyl sites for hydroxylation is 2. The van der Waals surface area contributed by atoms with Crippen LogP contribution in [-0.2, 0) is 0 Å². The van der Waals surface area contributed by atoms with Gasteiger partial charge in [0.15, 0.2) is 0 Å². The van der Waals surface area contributed by atoms with Gasteiger partial charge in [0.25, 0.3) is 5.91 Å². The molecule has 3 rings (SSSR count). The Morgan fingerprint density at radius 2 is 2.04 bits per heavy atom. The highest BCUT2D eigenvalue weighted by Crippen LogP contribution is 2.38. The summed E-state index contributed by atoms with van der Waals surface area (Å²) in [5.41, 5.74) is 3.06. The van der Waals surface area contributed by atoms with E-state index in [-0.39, 0.29) is 24.0 Å². The molecule has 2 N–H and O–H groups in total. The number of aromatic nitrogens is 2. The van der Waals surface area contributed by atoms with E-state index in [1.807, 2.05) is 26.0 Å². The Hall–Kier alpha value is -2.47. The van der Waals surface area contributed by atoms with E-state index in [0.29, 0.717) is 30.0 Å². The molecule has 132 valence electrons. The van der Waals surface area contributed by atoms with Gasteiger partial charge in [-0.1, -0.05) is 6.07 Å². The highest BCUT2D eigenvalue weighted by molar-refractivity contribution is 5.95. The van der Waals surface area contributed by atoms with E-state index < -0.39 is 0 Å². The second kappa shape index (κ2) is 7.19. The highest BCUT2D eigenvalue weighted by atomic mass is 16.5. The third-order valence-electron chi connectivity index (χ3n) is 4.70. The molecule has 2 heterocycles. The first-order valence-corrected chi connectivity index (χ1v) is 8.41. The number of pyridine rings is 2. The molecule has 1 atom stereocenters. The van der Waals surface area contributed by atoms with Gasteiger partial charge in [-0.05, 0) is 50.3 Å². The fourth-order valence-corrected chi connectivity index (χ4v) is 3.22. The van der Waals surface area contributed by atoms with Gasteiger partial charge in [-0.3, -0.25) is 9.78 Å². The summed E-state index contributed by atoms with van der Waals surface area (Å²) in [7, 11) is 1.57. The summed E-state index contributed by atoms with van der Waals surface area (Å²) in [4.78, 5) is 21.3. The molecule has 0 aromatic carbocycles. The monoisotopic (exact) mass is 341 g/mol. The average Bonchev–Trinajstić information content (AvgIpc) is 2.57. The van der Waals surface area contributed by atoms with Crippen LogP contribution in [0.1, 0.15) is 46.2 Å². The van der Waals surface area contributed by atoms with Crippen LogP contribution < -0.4 is 10.1 Å². The maximum absolute atomic E-state index is 12.8. The van der Waals surface area contributed by atoms with Crippen LogP contribution in [0, 0.1) is 19.8 Å². The number of methoxy groups -OCH3 is 1. The SMILES string of the molecule is COc1ccc([C@@H](NC(=O)c2ccc(C)nc2C)C2CC(O)C2)cn1. The van der Waals surface area contributed by atoms with Crippen LogP contribution in [-0.4, -0.2) is 34.2 Å². The van der Waals surface area contributed by atoms with Crippen molar-refractivity contribution in [2.24, 2.45) is 5.92 Å². The van der Waals surface area contributed by atoms with Crippen molar-refractivity contribution >= 4 is 5.91 Å². The number of carbonyl (C=O) groups excluding carboxylic acids is 1. The van der Waals surface area contributed by atoms with Gasteiger partial charge in [0.2, 0.25) is 5.88 Å². The van der Waals surface area contributed by atoms with E-state index in [4.69, 9.17) is 4.74 Å². The normalized spacial score (nSPS) is 20.5. The summed E-state index contributed by atoms with van der Waals surface area (Å²) >= 11 is 0. The van der Waals surface area contributed by atoms with Crippen molar-refractivity contribution in [1.82, 2.24) is 15.3 Å². The summed E-state index contributed by atoms with van der Waals surface area (Å²) in [6, 6.07) is 7.12. The van der Waals surface area contributed by atoms with Crippen LogP contribution in [0.25, 0.3) is 0 Å². The first-order valence-electron chi connectivity index (χ1n) is 8.41. The minimum Gasteiger partial charge on any atom is -0.481 e. The lowest BCUT2D eigenvalue weighted by Gasteiger charge is -2.38. The maximum Gasteiger partial charge on any atom is 0.253 e. The van der Waals surface area contributed by atoms with Crippen molar-refractivity contribution in [3.05, 3.63) is 53.0 Å². The zero-order valence-electron chi connectivity index (χ0n) is 14.7. The van der Waals surface area contributed by atoms with Crippen LogP contribution >= 0.6 is 0 Å². The minimum atomic E-state index is -0.293. The zero-order valence-corrected chi connectivity index (χ0v) is 14.7. The lowest BCUT2D eigenvalue weighted by molar-refractivity contribution is 0.0234. The van der Waals surface area contributed by atoms with Gasteiger partial charge >= 0.3 is 0 Å². The number of ether oxygens (including phenoxy) is 1. The number of hydrogen-bond donors (Lipinski definition) is 2. The number of rotatable bonds is 5. The van der Waals surface area contributed by atoms with Crippen molar-refractivity contribution in [2.75, 3.05) is 7.11 Å². The van der Waals surface area contributed by atoms with Gasteiger partial charge in [0, 0.05) is 18.0 Å².